The van der Waals surface area contributed by atoms with Crippen LogP contribution in [-0.2, 0) is 19.4 Å². The van der Waals surface area contributed by atoms with Crippen LogP contribution in [0.15, 0.2) is 18.5 Å². The molecular formula is C24H35N5O2. The maximum atomic E-state index is 10.8. The molecule has 2 atom stereocenters. The number of anilines is 1. The summed E-state index contributed by atoms with van der Waals surface area (Å²) in [6.07, 6.45) is 12.6. The summed E-state index contributed by atoms with van der Waals surface area (Å²) in [6, 6.07) is 1.86. The summed E-state index contributed by atoms with van der Waals surface area (Å²) in [5.41, 5.74) is 1.99. The minimum Gasteiger partial charge on any atom is -0.494 e. The Morgan fingerprint density at radius 1 is 0.774 bits per heavy atom. The van der Waals surface area contributed by atoms with Crippen molar-refractivity contribution in [2.24, 2.45) is 11.8 Å². The number of nitrogens with zero attached hydrogens (tertiary/aromatic N) is 5. The standard InChI is InChI=1S/C24H35N5O2/c30-22-20-8-3-4-9-21(20)23(31)29(22)17-19-7-2-1-6-18(19)16-27-12-14-28(15-13-27)24-25-10-5-11-26-24/h5,10-11,18-19,30-31H,1-4,6-9,12-17H2. The van der Waals surface area contributed by atoms with E-state index < -0.39 is 0 Å². The van der Waals surface area contributed by atoms with Crippen LogP contribution in [-0.4, -0.2) is 62.4 Å². The molecule has 3 aliphatic rings. The monoisotopic (exact) mass is 425 g/mol. The van der Waals surface area contributed by atoms with Crippen LogP contribution in [0.4, 0.5) is 5.95 Å². The highest BCUT2D eigenvalue weighted by molar-refractivity contribution is 5.46. The summed E-state index contributed by atoms with van der Waals surface area (Å²) in [6.45, 7) is 5.86. The molecule has 7 nitrogen and oxygen atoms in total. The van der Waals surface area contributed by atoms with Gasteiger partial charge in [-0.15, -0.1) is 0 Å². The van der Waals surface area contributed by atoms with Gasteiger partial charge in [0.05, 0.1) is 0 Å². The van der Waals surface area contributed by atoms with Crippen molar-refractivity contribution in [3.8, 4) is 11.8 Å². The summed E-state index contributed by atoms with van der Waals surface area (Å²) < 4.78 is 1.82. The van der Waals surface area contributed by atoms with Crippen molar-refractivity contribution in [3.63, 3.8) is 0 Å². The molecule has 0 bridgehead atoms. The lowest BCUT2D eigenvalue weighted by Crippen LogP contribution is -2.49. The first kappa shape index (κ1) is 20.6. The first-order chi connectivity index (χ1) is 15.2. The van der Waals surface area contributed by atoms with Gasteiger partial charge in [0.15, 0.2) is 11.8 Å². The lowest BCUT2D eigenvalue weighted by Gasteiger charge is -2.40. The normalized spacial score (nSPS) is 24.8. The fourth-order valence-electron chi connectivity index (χ4n) is 5.91. The lowest BCUT2D eigenvalue weighted by molar-refractivity contribution is 0.130. The summed E-state index contributed by atoms with van der Waals surface area (Å²) in [4.78, 5) is 13.6. The van der Waals surface area contributed by atoms with Crippen LogP contribution in [0.3, 0.4) is 0 Å². The highest BCUT2D eigenvalue weighted by atomic mass is 16.3. The van der Waals surface area contributed by atoms with Gasteiger partial charge in [0.25, 0.3) is 0 Å². The van der Waals surface area contributed by atoms with Crippen LogP contribution in [0.25, 0.3) is 0 Å². The van der Waals surface area contributed by atoms with E-state index in [-0.39, 0.29) is 0 Å². The third kappa shape index (κ3) is 4.25. The number of rotatable bonds is 5. The molecular weight excluding hydrogens is 390 g/mol. The van der Waals surface area contributed by atoms with Gasteiger partial charge in [0.1, 0.15) is 0 Å². The second kappa shape index (κ2) is 9.07. The van der Waals surface area contributed by atoms with Crippen LogP contribution >= 0.6 is 0 Å². The third-order valence-corrected chi connectivity index (χ3v) is 7.70. The van der Waals surface area contributed by atoms with Gasteiger partial charge in [0.2, 0.25) is 5.95 Å². The van der Waals surface area contributed by atoms with Crippen molar-refractivity contribution in [2.75, 3.05) is 37.6 Å². The molecule has 2 N–H and O–H groups in total. The quantitative estimate of drug-likeness (QED) is 0.766. The predicted octanol–water partition coefficient (Wildman–Crippen LogP) is 3.20. The van der Waals surface area contributed by atoms with E-state index in [0.717, 1.165) is 82.0 Å². The zero-order valence-electron chi connectivity index (χ0n) is 18.4. The number of aromatic hydroxyl groups is 2. The number of piperazine rings is 1. The average molecular weight is 426 g/mol. The van der Waals surface area contributed by atoms with E-state index in [1.807, 2.05) is 23.0 Å². The van der Waals surface area contributed by atoms with E-state index in [1.54, 1.807) is 0 Å². The van der Waals surface area contributed by atoms with Gasteiger partial charge < -0.3 is 15.1 Å². The smallest absolute Gasteiger partial charge is 0.225 e. The second-order valence-electron chi connectivity index (χ2n) is 9.56. The Hall–Kier alpha value is -2.28. The van der Waals surface area contributed by atoms with E-state index in [4.69, 9.17) is 0 Å². The second-order valence-corrected chi connectivity index (χ2v) is 9.56. The zero-order valence-corrected chi connectivity index (χ0v) is 18.4. The Morgan fingerprint density at radius 3 is 1.97 bits per heavy atom. The fourth-order valence-corrected chi connectivity index (χ4v) is 5.91. The highest BCUT2D eigenvalue weighted by Crippen LogP contribution is 2.41. The Labute approximate surface area is 184 Å². The van der Waals surface area contributed by atoms with Crippen LogP contribution in [0.1, 0.15) is 49.7 Å². The summed E-state index contributed by atoms with van der Waals surface area (Å²) in [7, 11) is 0. The summed E-state index contributed by atoms with van der Waals surface area (Å²) >= 11 is 0. The molecule has 0 spiro atoms. The molecule has 31 heavy (non-hydrogen) atoms. The molecule has 5 rings (SSSR count). The first-order valence-electron chi connectivity index (χ1n) is 12.1. The van der Waals surface area contributed by atoms with E-state index in [9.17, 15) is 10.2 Å². The van der Waals surface area contributed by atoms with Crippen molar-refractivity contribution in [1.82, 2.24) is 19.4 Å². The molecule has 2 aromatic rings. The van der Waals surface area contributed by atoms with E-state index >= 15 is 0 Å². The molecule has 2 aromatic heterocycles. The number of hydrogen-bond donors (Lipinski definition) is 2. The van der Waals surface area contributed by atoms with Gasteiger partial charge in [0, 0.05) is 62.8 Å². The van der Waals surface area contributed by atoms with E-state index in [0.29, 0.717) is 23.6 Å². The van der Waals surface area contributed by atoms with Gasteiger partial charge in [-0.05, 0) is 56.4 Å². The van der Waals surface area contributed by atoms with Crippen molar-refractivity contribution in [1.29, 1.82) is 0 Å². The topological polar surface area (TPSA) is 77.7 Å². The average Bonchev–Trinajstić information content (AvgIpc) is 3.06. The number of hydrogen-bond acceptors (Lipinski definition) is 6. The van der Waals surface area contributed by atoms with Crippen molar-refractivity contribution in [2.45, 2.75) is 57.9 Å². The van der Waals surface area contributed by atoms with Gasteiger partial charge in [-0.2, -0.15) is 0 Å². The minimum absolute atomic E-state index is 0.327. The molecule has 2 aliphatic carbocycles. The maximum absolute atomic E-state index is 10.8. The first-order valence-corrected chi connectivity index (χ1v) is 12.1. The van der Waals surface area contributed by atoms with Gasteiger partial charge in [-0.25, -0.2) is 9.97 Å². The van der Waals surface area contributed by atoms with Gasteiger partial charge in [-0.1, -0.05) is 12.8 Å². The Balaban J connectivity index is 1.22. The number of aromatic nitrogens is 3. The molecule has 1 aliphatic heterocycles. The molecule has 0 aromatic carbocycles. The van der Waals surface area contributed by atoms with E-state index in [1.165, 1.54) is 25.7 Å². The van der Waals surface area contributed by atoms with Crippen molar-refractivity contribution < 1.29 is 10.2 Å². The minimum atomic E-state index is 0.327. The summed E-state index contributed by atoms with van der Waals surface area (Å²) in [5, 5.41) is 21.6. The zero-order chi connectivity index (χ0) is 21.2. The van der Waals surface area contributed by atoms with Gasteiger partial charge >= 0.3 is 0 Å². The Bertz CT molecular complexity index is 846. The summed E-state index contributed by atoms with van der Waals surface area (Å²) in [5.74, 6) is 2.61. The largest absolute Gasteiger partial charge is 0.494 e. The predicted molar refractivity (Wildman–Crippen MR) is 121 cm³/mol. The highest BCUT2D eigenvalue weighted by Gasteiger charge is 2.32. The van der Waals surface area contributed by atoms with Crippen molar-refractivity contribution in [3.05, 3.63) is 29.6 Å². The van der Waals surface area contributed by atoms with Crippen molar-refractivity contribution >= 4 is 5.95 Å². The number of fused-ring (bicyclic) bond motifs is 1. The van der Waals surface area contributed by atoms with E-state index in [2.05, 4.69) is 19.8 Å². The molecule has 2 fully saturated rings. The maximum Gasteiger partial charge on any atom is 0.225 e. The Kier molecular flexibility index (Phi) is 6.03. The Morgan fingerprint density at radius 2 is 1.35 bits per heavy atom. The third-order valence-electron chi connectivity index (χ3n) is 7.70. The van der Waals surface area contributed by atoms with Crippen LogP contribution in [0.5, 0.6) is 11.8 Å². The molecule has 2 unspecified atom stereocenters. The molecule has 168 valence electrons. The molecule has 0 amide bonds. The fraction of sp³-hybridized carbons (Fsp3) is 0.667. The molecule has 7 heteroatoms. The molecule has 1 saturated carbocycles. The molecule has 1 saturated heterocycles. The SMILES string of the molecule is Oc1c2c(c(O)n1CC1CCCCC1CN1CCN(c3ncccn3)CC1)CCCC2. The van der Waals surface area contributed by atoms with Gasteiger partial charge in [-0.3, -0.25) is 9.47 Å². The van der Waals surface area contributed by atoms with Crippen LogP contribution < -0.4 is 4.90 Å². The van der Waals surface area contributed by atoms with Crippen LogP contribution in [0.2, 0.25) is 0 Å². The molecule has 0 radical (unpaired) electrons. The van der Waals surface area contributed by atoms with Crippen LogP contribution in [0, 0.1) is 11.8 Å². The lowest BCUT2D eigenvalue weighted by atomic mass is 9.78. The molecule has 3 heterocycles.